The molecule has 4 amide bonds. The van der Waals surface area contributed by atoms with Crippen molar-refractivity contribution in [1.82, 2.24) is 19.9 Å². The fourth-order valence-electron chi connectivity index (χ4n) is 5.00. The Morgan fingerprint density at radius 1 is 0.960 bits per heavy atom. The van der Waals surface area contributed by atoms with E-state index in [1.54, 1.807) is 32.4 Å². The number of carbonyl (C=O) groups is 5. The molecule has 4 N–H and O–H groups in total. The van der Waals surface area contributed by atoms with Crippen LogP contribution in [0.5, 0.6) is 0 Å². The van der Waals surface area contributed by atoms with Gasteiger partial charge in [-0.3, -0.25) is 24.0 Å². The van der Waals surface area contributed by atoms with Crippen LogP contribution in [-0.2, 0) is 38.3 Å². The van der Waals surface area contributed by atoms with Crippen LogP contribution in [0.1, 0.15) is 33.0 Å². The van der Waals surface area contributed by atoms with E-state index in [9.17, 15) is 32.4 Å². The van der Waals surface area contributed by atoms with E-state index in [1.807, 2.05) is 6.07 Å². The lowest BCUT2D eigenvalue weighted by Crippen LogP contribution is -2.50. The van der Waals surface area contributed by atoms with Gasteiger partial charge in [-0.2, -0.15) is 15.3 Å². The van der Waals surface area contributed by atoms with Crippen molar-refractivity contribution in [3.63, 3.8) is 0 Å². The van der Waals surface area contributed by atoms with Crippen LogP contribution < -0.4 is 21.4 Å². The highest BCUT2D eigenvalue weighted by molar-refractivity contribution is 7.91. The van der Waals surface area contributed by atoms with Crippen LogP contribution in [0.4, 0.5) is 11.4 Å². The van der Waals surface area contributed by atoms with Gasteiger partial charge >= 0.3 is 5.91 Å². The summed E-state index contributed by atoms with van der Waals surface area (Å²) in [5.41, 5.74) is 4.24. The molecule has 4 rings (SSSR count). The Kier molecular flexibility index (Phi) is 11.6. The quantitative estimate of drug-likeness (QED) is 0.0602. The van der Waals surface area contributed by atoms with Gasteiger partial charge in [0.2, 0.25) is 5.70 Å². The second kappa shape index (κ2) is 15.6. The van der Waals surface area contributed by atoms with Crippen LogP contribution in [0.15, 0.2) is 83.3 Å². The molecule has 1 atom stereocenters. The van der Waals surface area contributed by atoms with Crippen molar-refractivity contribution in [3.8, 4) is 6.07 Å². The van der Waals surface area contributed by atoms with E-state index in [0.717, 1.165) is 0 Å². The van der Waals surface area contributed by atoms with Crippen LogP contribution in [0.2, 0.25) is 0 Å². The fourth-order valence-corrected chi connectivity index (χ4v) is 6.60. The van der Waals surface area contributed by atoms with E-state index in [1.165, 1.54) is 71.1 Å². The van der Waals surface area contributed by atoms with Gasteiger partial charge in [-0.15, -0.1) is 11.6 Å². The largest absolute Gasteiger partial charge is 0.350 e. The van der Waals surface area contributed by atoms with Crippen molar-refractivity contribution in [3.05, 3.63) is 95.4 Å². The second-order valence-corrected chi connectivity index (χ2v) is 13.7. The van der Waals surface area contributed by atoms with Gasteiger partial charge in [0.1, 0.15) is 24.6 Å². The minimum atomic E-state index is -3.51. The van der Waals surface area contributed by atoms with Gasteiger partial charge in [0, 0.05) is 45.0 Å². The number of aromatic nitrogens is 2. The molecular formula is C33H34ClN8O7S+. The third kappa shape index (κ3) is 8.63. The number of likely N-dealkylation sites (N-methyl/N-ethyl adjacent to an activating group) is 1. The molecule has 0 saturated carbocycles. The summed E-state index contributed by atoms with van der Waals surface area (Å²) < 4.78 is 26.9. The summed E-state index contributed by atoms with van der Waals surface area (Å²) in [6.07, 6.45) is 9.08. The first-order valence-corrected chi connectivity index (χ1v) is 17.1. The van der Waals surface area contributed by atoms with Gasteiger partial charge in [0.25, 0.3) is 18.2 Å². The predicted molar refractivity (Wildman–Crippen MR) is 185 cm³/mol. The molecule has 17 heteroatoms. The number of ketones is 1. The first kappa shape index (κ1) is 37.1. The molecule has 3 aromatic rings. The topological polar surface area (TPSA) is 201 Å². The number of quaternary nitrogens is 1. The number of halogens is 1. The van der Waals surface area contributed by atoms with Gasteiger partial charge in [-0.1, -0.05) is 18.2 Å². The fraction of sp³-hybridized carbons (Fsp3) is 0.212. The van der Waals surface area contributed by atoms with Gasteiger partial charge in [-0.05, 0) is 35.9 Å². The van der Waals surface area contributed by atoms with E-state index >= 15 is 0 Å². The van der Waals surface area contributed by atoms with Crippen molar-refractivity contribution in [2.75, 3.05) is 35.9 Å². The maximum absolute atomic E-state index is 13.5. The standard InChI is InChI=1S/C33H33ClN8O7S/c1-40-18-24(16-27(40)31(45)36-13-4-12-35)38-32(46)28-17-25(19-41(28)2)39-33(47)29-15-23(20-42(29,3)37-21-43)30(44)10-7-22-5-8-26(9-6-22)50(48,49)14-11-34/h5-10,15-21H,4,11,13-14H2,1-3H3,(H3-,36,37,38,39,43,45,46,47)/p+1. The highest BCUT2D eigenvalue weighted by Crippen LogP contribution is 2.27. The minimum Gasteiger partial charge on any atom is -0.350 e. The average Bonchev–Trinajstić information content (AvgIpc) is 3.73. The molecule has 0 saturated heterocycles. The minimum absolute atomic E-state index is 0.00224. The third-order valence-corrected chi connectivity index (χ3v) is 9.70. The van der Waals surface area contributed by atoms with E-state index in [2.05, 4.69) is 21.4 Å². The third-order valence-electron chi connectivity index (χ3n) is 7.55. The number of benzene rings is 1. The van der Waals surface area contributed by atoms with Crippen LogP contribution in [0, 0.1) is 11.3 Å². The normalized spacial score (nSPS) is 15.5. The Balaban J connectivity index is 1.45. The zero-order valence-electron chi connectivity index (χ0n) is 27.3. The molecule has 15 nitrogen and oxygen atoms in total. The highest BCUT2D eigenvalue weighted by atomic mass is 35.5. The highest BCUT2D eigenvalue weighted by Gasteiger charge is 2.39. The van der Waals surface area contributed by atoms with Crippen molar-refractivity contribution >= 4 is 68.8 Å². The number of nitrogens with one attached hydrogen (secondary N) is 4. The monoisotopic (exact) mass is 721 g/mol. The summed E-state index contributed by atoms with van der Waals surface area (Å²) in [6.45, 7) is 0.188. The number of allylic oxidation sites excluding steroid dienone is 3. The van der Waals surface area contributed by atoms with Crippen molar-refractivity contribution in [2.45, 2.75) is 11.3 Å². The predicted octanol–water partition coefficient (Wildman–Crippen LogP) is 2.38. The molecule has 1 aliphatic rings. The number of sulfone groups is 1. The van der Waals surface area contributed by atoms with Gasteiger partial charge < -0.3 is 25.1 Å². The Labute approximate surface area is 293 Å². The van der Waals surface area contributed by atoms with E-state index in [4.69, 9.17) is 16.9 Å². The molecule has 1 unspecified atom stereocenters. The van der Waals surface area contributed by atoms with Crippen LogP contribution in [0.25, 0.3) is 6.08 Å². The number of carbonyl (C=O) groups excluding carboxylic acids is 5. The Morgan fingerprint density at radius 3 is 2.14 bits per heavy atom. The number of rotatable bonds is 15. The summed E-state index contributed by atoms with van der Waals surface area (Å²) in [6, 6.07) is 10.8. The molecule has 3 heterocycles. The molecule has 260 valence electrons. The van der Waals surface area contributed by atoms with E-state index in [0.29, 0.717) is 17.7 Å². The maximum atomic E-state index is 13.5. The number of hydrogen-bond donors (Lipinski definition) is 4. The summed E-state index contributed by atoms with van der Waals surface area (Å²) in [7, 11) is 1.22. The smallest absolute Gasteiger partial charge is 0.312 e. The maximum Gasteiger partial charge on any atom is 0.312 e. The summed E-state index contributed by atoms with van der Waals surface area (Å²) in [5, 5.41) is 16.7. The molecule has 2 aromatic heterocycles. The molecule has 50 heavy (non-hydrogen) atoms. The lowest BCUT2D eigenvalue weighted by atomic mass is 10.1. The van der Waals surface area contributed by atoms with Gasteiger partial charge in [0.05, 0.1) is 40.1 Å². The average molecular weight is 722 g/mol. The number of alkyl halides is 1. The van der Waals surface area contributed by atoms with Crippen LogP contribution >= 0.6 is 11.6 Å². The number of anilines is 2. The number of nitrogens with zero attached hydrogens (tertiary/aromatic N) is 4. The summed E-state index contributed by atoms with van der Waals surface area (Å²) >= 11 is 5.57. The molecule has 0 fully saturated rings. The van der Waals surface area contributed by atoms with Crippen LogP contribution in [-0.4, -0.2) is 77.3 Å². The number of hydrogen-bond acceptors (Lipinski definition) is 8. The SMILES string of the molecule is Cn1cc(NC(=O)c2cc(NC(=O)C3=CC(C(=O)C=Cc4ccc(S(=O)(=O)CCCl)cc4)=C[N+]3(C)NC=O)cn2C)cc1C(=O)NCCC#N. The lowest BCUT2D eigenvalue weighted by Gasteiger charge is -2.25. The Morgan fingerprint density at radius 2 is 1.56 bits per heavy atom. The first-order valence-electron chi connectivity index (χ1n) is 15.0. The molecule has 1 aromatic carbocycles. The summed E-state index contributed by atoms with van der Waals surface area (Å²) in [5.74, 6) is -2.30. The Hall–Kier alpha value is -5.76. The zero-order valence-corrected chi connectivity index (χ0v) is 28.8. The molecule has 0 radical (unpaired) electrons. The summed E-state index contributed by atoms with van der Waals surface area (Å²) in [4.78, 5) is 63.6. The molecule has 0 aliphatic carbocycles. The Bertz CT molecular complexity index is 2090. The van der Waals surface area contributed by atoms with Gasteiger partial charge in [-0.25, -0.2) is 8.42 Å². The number of amides is 4. The van der Waals surface area contributed by atoms with E-state index < -0.39 is 37.9 Å². The lowest BCUT2D eigenvalue weighted by molar-refractivity contribution is -0.849. The van der Waals surface area contributed by atoms with Crippen molar-refractivity contribution < 1.29 is 37.0 Å². The van der Waals surface area contributed by atoms with Crippen molar-refractivity contribution in [2.24, 2.45) is 14.1 Å². The molecule has 0 bridgehead atoms. The van der Waals surface area contributed by atoms with Crippen molar-refractivity contribution in [1.29, 1.82) is 5.26 Å². The van der Waals surface area contributed by atoms with E-state index in [-0.39, 0.29) is 57.8 Å². The molecule has 0 spiro atoms. The number of aryl methyl sites for hydroxylation is 2. The molecular weight excluding hydrogens is 688 g/mol. The first-order chi connectivity index (χ1) is 23.7. The van der Waals surface area contributed by atoms with Gasteiger partial charge in [0.15, 0.2) is 15.6 Å². The second-order valence-electron chi connectivity index (χ2n) is 11.2. The number of nitriles is 1. The zero-order chi connectivity index (χ0) is 36.6. The van der Waals surface area contributed by atoms with Crippen LogP contribution in [0.3, 0.4) is 0 Å². The molecule has 1 aliphatic heterocycles.